The third kappa shape index (κ3) is 5.50. The molecule has 0 spiro atoms. The molecule has 176 valence electrons. The van der Waals surface area contributed by atoms with E-state index in [0.29, 0.717) is 44.1 Å². The minimum absolute atomic E-state index is 0.0128. The molecule has 4 rings (SSSR count). The summed E-state index contributed by atoms with van der Waals surface area (Å²) < 4.78 is 10.8. The zero-order chi connectivity index (χ0) is 23.3. The maximum absolute atomic E-state index is 13.5. The van der Waals surface area contributed by atoms with E-state index < -0.39 is 5.41 Å². The molecule has 1 unspecified atom stereocenters. The lowest BCUT2D eigenvalue weighted by Crippen LogP contribution is -2.52. The molecule has 2 amide bonds. The molecule has 33 heavy (non-hydrogen) atoms. The lowest BCUT2D eigenvalue weighted by molar-refractivity contribution is -0.149. The summed E-state index contributed by atoms with van der Waals surface area (Å²) in [5, 5.41) is 0. The Hall–Kier alpha value is -3.00. The van der Waals surface area contributed by atoms with E-state index in [1.807, 2.05) is 42.2 Å². The summed E-state index contributed by atoms with van der Waals surface area (Å²) in [6, 6.07) is 9.52. The van der Waals surface area contributed by atoms with Crippen LogP contribution in [0.1, 0.15) is 44.2 Å². The first kappa shape index (κ1) is 23.2. The second-order valence-corrected chi connectivity index (χ2v) is 9.16. The quantitative estimate of drug-likeness (QED) is 0.669. The van der Waals surface area contributed by atoms with E-state index in [9.17, 15) is 9.59 Å². The Morgan fingerprint density at radius 3 is 2.58 bits per heavy atom. The van der Waals surface area contributed by atoms with E-state index in [2.05, 4.69) is 9.97 Å². The van der Waals surface area contributed by atoms with Crippen LogP contribution in [0.2, 0.25) is 0 Å². The first-order valence-corrected chi connectivity index (χ1v) is 11.6. The third-order valence-corrected chi connectivity index (χ3v) is 6.73. The number of nitrogens with zero attached hydrogens (tertiary/aromatic N) is 4. The van der Waals surface area contributed by atoms with Crippen molar-refractivity contribution in [2.75, 3.05) is 39.9 Å². The number of carbonyl (C=O) groups is 2. The highest BCUT2D eigenvalue weighted by Crippen LogP contribution is 2.36. The largest absolute Gasteiger partial charge is 0.437 e. The van der Waals surface area contributed by atoms with Crippen LogP contribution in [0.3, 0.4) is 0 Å². The van der Waals surface area contributed by atoms with E-state index in [1.165, 1.54) is 7.11 Å². The van der Waals surface area contributed by atoms with Gasteiger partial charge < -0.3 is 19.3 Å². The number of hydrogen-bond acceptors (Lipinski definition) is 6. The molecule has 0 bridgehead atoms. The molecule has 2 fully saturated rings. The van der Waals surface area contributed by atoms with Gasteiger partial charge in [0.1, 0.15) is 12.4 Å². The molecule has 2 saturated heterocycles. The summed E-state index contributed by atoms with van der Waals surface area (Å²) in [6.07, 6.45) is 6.62. The summed E-state index contributed by atoms with van der Waals surface area (Å²) in [7, 11) is 1.52. The van der Waals surface area contributed by atoms with E-state index >= 15 is 0 Å². The number of likely N-dealkylation sites (tertiary alicyclic amines) is 2. The summed E-state index contributed by atoms with van der Waals surface area (Å²) in [6.45, 7) is 4.69. The fourth-order valence-electron chi connectivity index (χ4n) is 4.68. The van der Waals surface area contributed by atoms with Crippen molar-refractivity contribution in [3.63, 3.8) is 0 Å². The Labute approximate surface area is 194 Å². The highest BCUT2D eigenvalue weighted by atomic mass is 16.5. The highest BCUT2D eigenvalue weighted by Gasteiger charge is 2.41. The summed E-state index contributed by atoms with van der Waals surface area (Å²) in [5.41, 5.74) is 0.404. The van der Waals surface area contributed by atoms with Crippen molar-refractivity contribution < 1.29 is 19.1 Å². The number of hydrogen-bond donors (Lipinski definition) is 0. The van der Waals surface area contributed by atoms with Crippen LogP contribution in [0.15, 0.2) is 42.7 Å². The smallest absolute Gasteiger partial charge is 0.248 e. The molecular formula is C25H32N4O4. The molecule has 0 aliphatic carbocycles. The van der Waals surface area contributed by atoms with Crippen LogP contribution >= 0.6 is 0 Å². The highest BCUT2D eigenvalue weighted by molar-refractivity contribution is 5.83. The first-order chi connectivity index (χ1) is 16.0. The van der Waals surface area contributed by atoms with Crippen molar-refractivity contribution in [2.45, 2.75) is 38.5 Å². The van der Waals surface area contributed by atoms with Gasteiger partial charge >= 0.3 is 0 Å². The van der Waals surface area contributed by atoms with Crippen molar-refractivity contribution in [3.05, 3.63) is 48.4 Å². The zero-order valence-electron chi connectivity index (χ0n) is 19.4. The van der Waals surface area contributed by atoms with Gasteiger partial charge in [0.15, 0.2) is 0 Å². The molecule has 1 aromatic heterocycles. The van der Waals surface area contributed by atoms with Crippen LogP contribution in [-0.2, 0) is 14.3 Å². The van der Waals surface area contributed by atoms with Gasteiger partial charge in [-0.3, -0.25) is 14.6 Å². The molecule has 2 aliphatic heterocycles. The molecule has 0 saturated carbocycles. The number of aromatic nitrogens is 2. The van der Waals surface area contributed by atoms with Crippen molar-refractivity contribution in [3.8, 4) is 11.6 Å². The van der Waals surface area contributed by atoms with Crippen LogP contribution in [0.25, 0.3) is 0 Å². The van der Waals surface area contributed by atoms with Gasteiger partial charge in [0.05, 0.1) is 11.9 Å². The minimum Gasteiger partial charge on any atom is -0.437 e. The molecule has 1 atom stereocenters. The van der Waals surface area contributed by atoms with Gasteiger partial charge in [0.2, 0.25) is 17.7 Å². The Morgan fingerprint density at radius 1 is 1.09 bits per heavy atom. The van der Waals surface area contributed by atoms with E-state index in [-0.39, 0.29) is 24.3 Å². The molecule has 0 radical (unpaired) electrons. The third-order valence-electron chi connectivity index (χ3n) is 6.73. The molecule has 0 N–H and O–H groups in total. The maximum atomic E-state index is 13.5. The summed E-state index contributed by atoms with van der Waals surface area (Å²) >= 11 is 0. The van der Waals surface area contributed by atoms with Gasteiger partial charge in [0, 0.05) is 50.8 Å². The van der Waals surface area contributed by atoms with Crippen molar-refractivity contribution in [1.82, 2.24) is 19.8 Å². The molecule has 8 heteroatoms. The van der Waals surface area contributed by atoms with Crippen LogP contribution in [0.5, 0.6) is 11.6 Å². The van der Waals surface area contributed by atoms with Gasteiger partial charge in [0.25, 0.3) is 0 Å². The predicted molar refractivity (Wildman–Crippen MR) is 123 cm³/mol. The maximum Gasteiger partial charge on any atom is 0.248 e. The second-order valence-electron chi connectivity index (χ2n) is 9.16. The summed E-state index contributed by atoms with van der Waals surface area (Å²) in [5.74, 6) is 1.47. The van der Waals surface area contributed by atoms with Crippen LogP contribution < -0.4 is 4.74 Å². The SMILES string of the molecule is COCC(=O)N1CCC(C)(C(=O)N2CCCC(c3cncc(Oc4ccccc4)n3)C2)CC1. The molecule has 3 heterocycles. The second kappa shape index (κ2) is 10.3. The van der Waals surface area contributed by atoms with Gasteiger partial charge in [-0.05, 0) is 37.8 Å². The number of para-hydroxylation sites is 1. The Kier molecular flexibility index (Phi) is 7.23. The Bertz CT molecular complexity index is 960. The lowest BCUT2D eigenvalue weighted by atomic mass is 9.78. The number of rotatable bonds is 6. The number of ether oxygens (including phenoxy) is 2. The average molecular weight is 453 g/mol. The normalized spacial score (nSPS) is 20.4. The van der Waals surface area contributed by atoms with Crippen molar-refractivity contribution in [1.29, 1.82) is 0 Å². The van der Waals surface area contributed by atoms with Crippen LogP contribution in [0, 0.1) is 5.41 Å². The fraction of sp³-hybridized carbons (Fsp3) is 0.520. The number of methoxy groups -OCH3 is 1. The number of benzene rings is 1. The minimum atomic E-state index is -0.449. The number of piperidine rings is 2. The Balaban J connectivity index is 1.39. The van der Waals surface area contributed by atoms with Gasteiger partial charge in [-0.1, -0.05) is 25.1 Å². The van der Waals surface area contributed by atoms with Gasteiger partial charge in [-0.15, -0.1) is 0 Å². The molecule has 1 aromatic carbocycles. The topological polar surface area (TPSA) is 84.9 Å². The zero-order valence-corrected chi connectivity index (χ0v) is 19.4. The first-order valence-electron chi connectivity index (χ1n) is 11.6. The molecule has 8 nitrogen and oxygen atoms in total. The predicted octanol–water partition coefficient (Wildman–Crippen LogP) is 3.25. The average Bonchev–Trinajstić information content (AvgIpc) is 2.85. The van der Waals surface area contributed by atoms with E-state index in [0.717, 1.165) is 25.1 Å². The standard InChI is InChI=1S/C25H32N4O4/c1-25(10-13-28(14-11-25)23(30)18-32-2)24(31)29-12-6-7-19(17-29)21-15-26-16-22(27-21)33-20-8-4-3-5-9-20/h3-5,8-9,15-16,19H,6-7,10-14,17-18H2,1-2H3. The van der Waals surface area contributed by atoms with Crippen LogP contribution in [0.4, 0.5) is 0 Å². The lowest BCUT2D eigenvalue weighted by Gasteiger charge is -2.43. The molecule has 2 aliphatic rings. The van der Waals surface area contributed by atoms with Crippen molar-refractivity contribution >= 4 is 11.8 Å². The Morgan fingerprint density at radius 2 is 1.85 bits per heavy atom. The monoisotopic (exact) mass is 452 g/mol. The van der Waals surface area contributed by atoms with Crippen molar-refractivity contribution in [2.24, 2.45) is 5.41 Å². The van der Waals surface area contributed by atoms with Gasteiger partial charge in [-0.25, -0.2) is 4.98 Å². The number of amides is 2. The van der Waals surface area contributed by atoms with E-state index in [4.69, 9.17) is 9.47 Å². The molecular weight excluding hydrogens is 420 g/mol. The van der Waals surface area contributed by atoms with Crippen LogP contribution in [-0.4, -0.2) is 71.5 Å². The summed E-state index contributed by atoms with van der Waals surface area (Å²) in [4.78, 5) is 38.4. The number of carbonyl (C=O) groups excluding carboxylic acids is 2. The molecule has 2 aromatic rings. The fourth-order valence-corrected chi connectivity index (χ4v) is 4.68. The van der Waals surface area contributed by atoms with E-state index in [1.54, 1.807) is 17.3 Å². The van der Waals surface area contributed by atoms with Gasteiger partial charge in [-0.2, -0.15) is 0 Å².